The van der Waals surface area contributed by atoms with Crippen LogP contribution in [-0.4, -0.2) is 41.5 Å². The van der Waals surface area contributed by atoms with Crippen LogP contribution in [0, 0.1) is 20.8 Å². The normalized spacial score (nSPS) is 11.4. The molecule has 29 heavy (non-hydrogen) atoms. The van der Waals surface area contributed by atoms with E-state index in [1.54, 1.807) is 4.68 Å². The molecule has 0 fully saturated rings. The van der Waals surface area contributed by atoms with Crippen molar-refractivity contribution in [2.75, 3.05) is 0 Å². The highest BCUT2D eigenvalue weighted by Crippen LogP contribution is 2.21. The molecule has 0 unspecified atom stereocenters. The molecule has 1 aromatic carbocycles. The number of aryl methyl sites for hydroxylation is 3. The molecule has 1 N–H and O–H groups in total. The number of aromatic nitrogens is 6. The summed E-state index contributed by atoms with van der Waals surface area (Å²) >= 11 is 6.44. The summed E-state index contributed by atoms with van der Waals surface area (Å²) in [7, 11) is 0. The lowest BCUT2D eigenvalue weighted by Crippen LogP contribution is -2.19. The van der Waals surface area contributed by atoms with Crippen LogP contribution in [0.1, 0.15) is 33.3 Å². The van der Waals surface area contributed by atoms with Crippen LogP contribution in [0.5, 0.6) is 0 Å². The Kier molecular flexibility index (Phi) is 4.81. The Hall–Kier alpha value is -3.59. The topological polar surface area (TPSA) is 102 Å². The maximum Gasteiger partial charge on any atom is 0.311 e. The van der Waals surface area contributed by atoms with Crippen molar-refractivity contribution in [2.24, 2.45) is 5.10 Å². The van der Waals surface area contributed by atoms with Gasteiger partial charge in [-0.15, -0.1) is 5.10 Å². The number of rotatable bonds is 4. The SMILES string of the molecule is Cc1cc(C)n2nc(C(=O)N/N=C/c3c(C)nn(-c4ccccc4)c3Cl)nc2n1. The van der Waals surface area contributed by atoms with Gasteiger partial charge in [-0.3, -0.25) is 4.79 Å². The lowest BCUT2D eigenvalue weighted by atomic mass is 10.3. The molecule has 3 aromatic heterocycles. The molecule has 0 spiro atoms. The predicted molar refractivity (Wildman–Crippen MR) is 109 cm³/mol. The fourth-order valence-electron chi connectivity index (χ4n) is 2.87. The molecule has 4 aromatic rings. The van der Waals surface area contributed by atoms with Gasteiger partial charge in [-0.1, -0.05) is 29.8 Å². The molecule has 0 saturated heterocycles. The van der Waals surface area contributed by atoms with Crippen molar-refractivity contribution in [3.05, 3.63) is 70.0 Å². The molecule has 0 saturated carbocycles. The Bertz CT molecular complexity index is 1240. The monoisotopic (exact) mass is 408 g/mol. The second-order valence-electron chi connectivity index (χ2n) is 6.42. The van der Waals surface area contributed by atoms with E-state index in [1.165, 1.54) is 10.7 Å². The van der Waals surface area contributed by atoms with Crippen LogP contribution < -0.4 is 5.43 Å². The number of carbonyl (C=O) groups is 1. The Morgan fingerprint density at radius 2 is 1.90 bits per heavy atom. The number of hydrogen-bond donors (Lipinski definition) is 1. The van der Waals surface area contributed by atoms with Gasteiger partial charge < -0.3 is 0 Å². The summed E-state index contributed by atoms with van der Waals surface area (Å²) in [5, 5.41) is 13.0. The summed E-state index contributed by atoms with van der Waals surface area (Å²) in [5.74, 6) is -0.209. The van der Waals surface area contributed by atoms with E-state index in [1.807, 2.05) is 57.2 Å². The second kappa shape index (κ2) is 7.44. The van der Waals surface area contributed by atoms with Crippen LogP contribution in [0.3, 0.4) is 0 Å². The molecule has 0 radical (unpaired) electrons. The minimum atomic E-state index is -0.548. The van der Waals surface area contributed by atoms with Gasteiger partial charge in [0.1, 0.15) is 5.15 Å². The van der Waals surface area contributed by atoms with Gasteiger partial charge in [-0.05, 0) is 39.0 Å². The first-order valence-corrected chi connectivity index (χ1v) is 9.17. The van der Waals surface area contributed by atoms with Crippen LogP contribution >= 0.6 is 11.6 Å². The number of halogens is 1. The van der Waals surface area contributed by atoms with Gasteiger partial charge in [-0.25, -0.2) is 19.6 Å². The van der Waals surface area contributed by atoms with E-state index in [0.717, 1.165) is 17.1 Å². The van der Waals surface area contributed by atoms with Crippen molar-refractivity contribution in [1.82, 2.24) is 34.8 Å². The Labute approximate surface area is 171 Å². The molecule has 0 aliphatic carbocycles. The van der Waals surface area contributed by atoms with E-state index >= 15 is 0 Å². The maximum absolute atomic E-state index is 12.4. The van der Waals surface area contributed by atoms with Gasteiger partial charge in [-0.2, -0.15) is 15.2 Å². The Morgan fingerprint density at radius 3 is 2.66 bits per heavy atom. The van der Waals surface area contributed by atoms with E-state index in [2.05, 4.69) is 30.7 Å². The molecular weight excluding hydrogens is 392 g/mol. The fraction of sp³-hybridized carbons (Fsp3) is 0.158. The molecule has 0 aliphatic heterocycles. The first-order valence-electron chi connectivity index (χ1n) is 8.79. The first-order chi connectivity index (χ1) is 13.9. The predicted octanol–water partition coefficient (Wildman–Crippen LogP) is 2.65. The third kappa shape index (κ3) is 3.59. The zero-order valence-corrected chi connectivity index (χ0v) is 16.7. The van der Waals surface area contributed by atoms with Gasteiger partial charge in [0.05, 0.1) is 23.2 Å². The molecule has 0 bridgehead atoms. The minimum Gasteiger partial charge on any atom is -0.264 e. The van der Waals surface area contributed by atoms with Crippen molar-refractivity contribution < 1.29 is 4.79 Å². The van der Waals surface area contributed by atoms with Crippen molar-refractivity contribution in [1.29, 1.82) is 0 Å². The average Bonchev–Trinajstić information content (AvgIpc) is 3.25. The maximum atomic E-state index is 12.4. The van der Waals surface area contributed by atoms with Gasteiger partial charge >= 0.3 is 5.91 Å². The number of fused-ring (bicyclic) bond motifs is 1. The van der Waals surface area contributed by atoms with Gasteiger partial charge in [0.15, 0.2) is 0 Å². The molecule has 1 amide bonds. The van der Waals surface area contributed by atoms with Gasteiger partial charge in [0.2, 0.25) is 5.82 Å². The van der Waals surface area contributed by atoms with Gasteiger partial charge in [0.25, 0.3) is 5.78 Å². The number of nitrogens with one attached hydrogen (secondary N) is 1. The van der Waals surface area contributed by atoms with E-state index in [9.17, 15) is 4.79 Å². The summed E-state index contributed by atoms with van der Waals surface area (Å²) < 4.78 is 3.12. The number of amides is 1. The summed E-state index contributed by atoms with van der Waals surface area (Å²) in [4.78, 5) is 20.8. The molecule has 9 nitrogen and oxygen atoms in total. The molecule has 10 heteroatoms. The zero-order valence-electron chi connectivity index (χ0n) is 16.0. The summed E-state index contributed by atoms with van der Waals surface area (Å²) in [5.41, 5.74) is 6.16. The molecule has 0 aliphatic rings. The molecule has 3 heterocycles. The Balaban J connectivity index is 1.54. The standard InChI is InChI=1S/C19H17ClN8O/c1-11-9-12(2)27-19(22-11)23-17(26-27)18(29)24-21-10-15-13(3)25-28(16(15)20)14-7-5-4-6-8-14/h4-10H,1-3H3,(H,24,29)/b21-10+. The van der Waals surface area contributed by atoms with Crippen molar-refractivity contribution >= 4 is 29.5 Å². The molecule has 146 valence electrons. The molecular formula is C19H17ClN8O. The second-order valence-corrected chi connectivity index (χ2v) is 6.78. The van der Waals surface area contributed by atoms with Crippen molar-refractivity contribution in [3.63, 3.8) is 0 Å². The van der Waals surface area contributed by atoms with Crippen molar-refractivity contribution in [2.45, 2.75) is 20.8 Å². The zero-order chi connectivity index (χ0) is 20.5. The summed E-state index contributed by atoms with van der Waals surface area (Å²) in [6.45, 7) is 5.54. The number of carbonyl (C=O) groups excluding carboxylic acids is 1. The van der Waals surface area contributed by atoms with Crippen molar-refractivity contribution in [3.8, 4) is 5.69 Å². The minimum absolute atomic E-state index is 0.0221. The number of benzene rings is 1. The molecule has 4 rings (SSSR count). The third-order valence-corrected chi connectivity index (χ3v) is 4.59. The van der Waals surface area contributed by atoms with E-state index in [-0.39, 0.29) is 5.82 Å². The number of para-hydroxylation sites is 1. The number of hydrazone groups is 1. The first kappa shape index (κ1) is 18.8. The summed E-state index contributed by atoms with van der Waals surface area (Å²) in [6, 6.07) is 11.4. The van der Waals surface area contributed by atoms with E-state index in [4.69, 9.17) is 11.6 Å². The largest absolute Gasteiger partial charge is 0.311 e. The van der Waals surface area contributed by atoms with Crippen LogP contribution in [0.15, 0.2) is 41.5 Å². The number of hydrogen-bond acceptors (Lipinski definition) is 6. The lowest BCUT2D eigenvalue weighted by Gasteiger charge is -2.01. The van der Waals surface area contributed by atoms with Crippen LogP contribution in [0.25, 0.3) is 11.5 Å². The molecule has 0 atom stereocenters. The van der Waals surface area contributed by atoms with Crippen LogP contribution in [-0.2, 0) is 0 Å². The smallest absolute Gasteiger partial charge is 0.264 e. The number of nitrogens with zero attached hydrogens (tertiary/aromatic N) is 7. The van der Waals surface area contributed by atoms with E-state index < -0.39 is 5.91 Å². The fourth-order valence-corrected chi connectivity index (χ4v) is 3.19. The average molecular weight is 409 g/mol. The summed E-state index contributed by atoms with van der Waals surface area (Å²) in [6.07, 6.45) is 1.45. The highest BCUT2D eigenvalue weighted by molar-refractivity contribution is 6.32. The lowest BCUT2D eigenvalue weighted by molar-refractivity contribution is 0.0945. The van der Waals surface area contributed by atoms with E-state index in [0.29, 0.717) is 22.2 Å². The van der Waals surface area contributed by atoms with Gasteiger partial charge in [0, 0.05) is 11.4 Å². The Morgan fingerprint density at radius 1 is 1.14 bits per heavy atom. The highest BCUT2D eigenvalue weighted by Gasteiger charge is 2.16. The van der Waals surface area contributed by atoms with Crippen LogP contribution in [0.2, 0.25) is 5.15 Å². The third-order valence-electron chi connectivity index (χ3n) is 4.23. The highest BCUT2D eigenvalue weighted by atomic mass is 35.5. The quantitative estimate of drug-likeness (QED) is 0.413. The van der Waals surface area contributed by atoms with Crippen LogP contribution in [0.4, 0.5) is 0 Å².